The van der Waals surface area contributed by atoms with E-state index in [1.807, 2.05) is 6.07 Å². The molecule has 1 N–H and O–H groups in total. The van der Waals surface area contributed by atoms with E-state index in [4.69, 9.17) is 14.9 Å². The number of fused-ring (bicyclic) bond motifs is 1. The smallest absolute Gasteiger partial charge is 0.183 e. The van der Waals surface area contributed by atoms with Crippen LogP contribution in [0, 0.1) is 5.41 Å². The first-order chi connectivity index (χ1) is 7.79. The number of nitrogens with one attached hydrogen (secondary N) is 1. The van der Waals surface area contributed by atoms with Crippen molar-refractivity contribution in [3.63, 3.8) is 0 Å². The lowest BCUT2D eigenvalue weighted by molar-refractivity contribution is 0.307. The van der Waals surface area contributed by atoms with E-state index in [1.54, 1.807) is 0 Å². The number of hydrogen-bond acceptors (Lipinski definition) is 3. The largest absolute Gasteiger partial charge is 0.493 e. The molecule has 1 aliphatic carbocycles. The van der Waals surface area contributed by atoms with Gasteiger partial charge in [-0.15, -0.1) is 0 Å². The van der Waals surface area contributed by atoms with Gasteiger partial charge in [-0.3, -0.25) is 5.41 Å². The quantitative estimate of drug-likeness (QED) is 0.624. The van der Waals surface area contributed by atoms with Crippen molar-refractivity contribution in [2.45, 2.75) is 25.7 Å². The Hall–Kier alpha value is -1.51. The monoisotopic (exact) mass is 219 g/mol. The van der Waals surface area contributed by atoms with Crippen molar-refractivity contribution >= 4 is 5.90 Å². The molecule has 0 heterocycles. The fourth-order valence-corrected chi connectivity index (χ4v) is 2.00. The Balaban J connectivity index is 1.88. The summed E-state index contributed by atoms with van der Waals surface area (Å²) in [4.78, 5) is 0. The number of hydrogen-bond donors (Lipinski definition) is 1. The molecule has 0 radical (unpaired) electrons. The van der Waals surface area contributed by atoms with E-state index in [0.717, 1.165) is 5.75 Å². The van der Waals surface area contributed by atoms with Crippen molar-refractivity contribution < 1.29 is 9.47 Å². The first-order valence-corrected chi connectivity index (χ1v) is 5.65. The molecule has 1 aliphatic rings. The summed E-state index contributed by atoms with van der Waals surface area (Å²) in [6, 6.07) is 6.29. The molecule has 2 rings (SSSR count). The van der Waals surface area contributed by atoms with Crippen LogP contribution in [0.25, 0.3) is 0 Å². The summed E-state index contributed by atoms with van der Waals surface area (Å²) in [6.07, 6.45) is 4.14. The molecule has 0 amide bonds. The van der Waals surface area contributed by atoms with Crippen molar-refractivity contribution in [1.82, 2.24) is 0 Å². The van der Waals surface area contributed by atoms with Crippen LogP contribution >= 0.6 is 0 Å². The zero-order valence-corrected chi connectivity index (χ0v) is 9.58. The summed E-state index contributed by atoms with van der Waals surface area (Å²) in [5, 5.41) is 7.32. The van der Waals surface area contributed by atoms with Gasteiger partial charge in [-0.1, -0.05) is 6.07 Å². The third-order valence-electron chi connectivity index (χ3n) is 2.91. The molecule has 3 nitrogen and oxygen atoms in total. The van der Waals surface area contributed by atoms with Gasteiger partial charge in [-0.05, 0) is 42.5 Å². The van der Waals surface area contributed by atoms with Gasteiger partial charge in [0, 0.05) is 0 Å². The predicted octanol–water partition coefficient (Wildman–Crippen LogP) is 2.57. The molecule has 0 atom stereocenters. The van der Waals surface area contributed by atoms with Gasteiger partial charge in [-0.25, -0.2) is 0 Å². The summed E-state index contributed by atoms with van der Waals surface area (Å²) >= 11 is 0. The van der Waals surface area contributed by atoms with E-state index in [2.05, 4.69) is 12.1 Å². The zero-order chi connectivity index (χ0) is 11.4. The van der Waals surface area contributed by atoms with Crippen LogP contribution in [0.5, 0.6) is 5.75 Å². The van der Waals surface area contributed by atoms with Gasteiger partial charge in [0.1, 0.15) is 5.75 Å². The molecule has 0 saturated heterocycles. The molecular weight excluding hydrogens is 202 g/mol. The second-order valence-electron chi connectivity index (χ2n) is 4.01. The van der Waals surface area contributed by atoms with E-state index in [9.17, 15) is 0 Å². The Labute approximate surface area is 95.9 Å². The molecule has 0 aliphatic heterocycles. The molecule has 86 valence electrons. The molecular formula is C13H17NO2. The highest BCUT2D eigenvalue weighted by molar-refractivity contribution is 5.72. The van der Waals surface area contributed by atoms with Gasteiger partial charge in [0.2, 0.25) is 0 Å². The molecule has 3 heteroatoms. The molecule has 0 saturated carbocycles. The lowest BCUT2D eigenvalue weighted by atomic mass is 10.1. The van der Waals surface area contributed by atoms with Crippen LogP contribution in [0.3, 0.4) is 0 Å². The number of ether oxygens (including phenoxy) is 2. The summed E-state index contributed by atoms with van der Waals surface area (Å²) in [6.45, 7) is 0.505. The summed E-state index contributed by atoms with van der Waals surface area (Å²) < 4.78 is 10.3. The average molecular weight is 219 g/mol. The summed E-state index contributed by atoms with van der Waals surface area (Å²) in [5.41, 5.74) is 2.87. The van der Waals surface area contributed by atoms with Crippen LogP contribution in [0.4, 0.5) is 0 Å². The molecule has 0 bridgehead atoms. The van der Waals surface area contributed by atoms with Crippen LogP contribution in [0.1, 0.15) is 24.0 Å². The van der Waals surface area contributed by atoms with Gasteiger partial charge in [-0.2, -0.15) is 0 Å². The fourth-order valence-electron chi connectivity index (χ4n) is 2.00. The highest BCUT2D eigenvalue weighted by atomic mass is 16.5. The van der Waals surface area contributed by atoms with E-state index >= 15 is 0 Å². The van der Waals surface area contributed by atoms with Crippen molar-refractivity contribution in [2.75, 3.05) is 13.7 Å². The van der Waals surface area contributed by atoms with Crippen LogP contribution in [0.2, 0.25) is 0 Å². The fraction of sp³-hybridized carbons (Fsp3) is 0.462. The van der Waals surface area contributed by atoms with Gasteiger partial charge >= 0.3 is 0 Å². The maximum absolute atomic E-state index is 7.32. The van der Waals surface area contributed by atoms with E-state index in [-0.39, 0.29) is 5.90 Å². The minimum Gasteiger partial charge on any atom is -0.493 e. The minimum absolute atomic E-state index is 0.265. The standard InChI is InChI=1S/C13H17NO2/c1-15-13(14)7-8-16-12-6-5-10-3-2-4-11(10)9-12/h5-6,9,14H,2-4,7-8H2,1H3. The molecule has 16 heavy (non-hydrogen) atoms. The molecule has 1 aromatic carbocycles. The topological polar surface area (TPSA) is 42.3 Å². The van der Waals surface area contributed by atoms with Crippen molar-refractivity contribution in [3.8, 4) is 5.75 Å². The van der Waals surface area contributed by atoms with E-state index in [1.165, 1.54) is 37.5 Å². The number of benzene rings is 1. The van der Waals surface area contributed by atoms with Gasteiger partial charge in [0.05, 0.1) is 20.1 Å². The van der Waals surface area contributed by atoms with Crippen molar-refractivity contribution in [2.24, 2.45) is 0 Å². The first kappa shape index (κ1) is 11.0. The van der Waals surface area contributed by atoms with Crippen LogP contribution in [-0.4, -0.2) is 19.6 Å². The van der Waals surface area contributed by atoms with Crippen LogP contribution in [-0.2, 0) is 17.6 Å². The molecule has 0 spiro atoms. The maximum atomic E-state index is 7.32. The van der Waals surface area contributed by atoms with Crippen molar-refractivity contribution in [1.29, 1.82) is 5.41 Å². The second-order valence-corrected chi connectivity index (χ2v) is 4.01. The van der Waals surface area contributed by atoms with Crippen LogP contribution < -0.4 is 4.74 Å². The van der Waals surface area contributed by atoms with Gasteiger partial charge in [0.25, 0.3) is 0 Å². The van der Waals surface area contributed by atoms with E-state index < -0.39 is 0 Å². The lowest BCUT2D eigenvalue weighted by Crippen LogP contribution is -2.06. The molecule has 0 fully saturated rings. The molecule has 0 unspecified atom stereocenters. The van der Waals surface area contributed by atoms with Gasteiger partial charge in [0.15, 0.2) is 5.90 Å². The van der Waals surface area contributed by atoms with Crippen molar-refractivity contribution in [3.05, 3.63) is 29.3 Å². The third kappa shape index (κ3) is 2.54. The van der Waals surface area contributed by atoms with Gasteiger partial charge < -0.3 is 9.47 Å². The summed E-state index contributed by atoms with van der Waals surface area (Å²) in [5.74, 6) is 1.17. The predicted molar refractivity (Wildman–Crippen MR) is 63.3 cm³/mol. The van der Waals surface area contributed by atoms with E-state index in [0.29, 0.717) is 13.0 Å². The minimum atomic E-state index is 0.265. The Bertz CT molecular complexity index is 388. The number of methoxy groups -OCH3 is 1. The lowest BCUT2D eigenvalue weighted by Gasteiger charge is -2.08. The Kier molecular flexibility index (Phi) is 3.44. The Morgan fingerprint density at radius 3 is 2.94 bits per heavy atom. The SMILES string of the molecule is COC(=N)CCOc1ccc2c(c1)CCC2. The Morgan fingerprint density at radius 1 is 1.31 bits per heavy atom. The Morgan fingerprint density at radius 2 is 2.12 bits per heavy atom. The maximum Gasteiger partial charge on any atom is 0.183 e. The number of rotatable bonds is 4. The average Bonchev–Trinajstić information content (AvgIpc) is 2.76. The van der Waals surface area contributed by atoms with Crippen LogP contribution in [0.15, 0.2) is 18.2 Å². The highest BCUT2D eigenvalue weighted by Crippen LogP contribution is 2.25. The first-order valence-electron chi connectivity index (χ1n) is 5.65. The zero-order valence-electron chi connectivity index (χ0n) is 9.58. The second kappa shape index (κ2) is 5.01. The highest BCUT2D eigenvalue weighted by Gasteiger charge is 2.11. The third-order valence-corrected chi connectivity index (χ3v) is 2.91. The molecule has 0 aromatic heterocycles. The number of aryl methyl sites for hydroxylation is 2. The normalized spacial score (nSPS) is 13.3. The molecule has 1 aromatic rings. The summed E-state index contributed by atoms with van der Waals surface area (Å²) in [7, 11) is 1.51.